The van der Waals surface area contributed by atoms with Crippen LogP contribution in [-0.2, 0) is 4.79 Å². The highest BCUT2D eigenvalue weighted by atomic mass is 79.9. The minimum Gasteiger partial charge on any atom is -0.374 e. The molecule has 2 aromatic rings. The van der Waals surface area contributed by atoms with Gasteiger partial charge in [-0.2, -0.15) is 0 Å². The number of carbonyl (C=O) groups excluding carboxylic acids is 1. The molecule has 3 nitrogen and oxygen atoms in total. The minimum atomic E-state index is -0.811. The molecule has 0 atom stereocenters. The van der Waals surface area contributed by atoms with E-state index in [1.54, 1.807) is 0 Å². The summed E-state index contributed by atoms with van der Waals surface area (Å²) in [7, 11) is 0. The molecule has 2 aromatic carbocycles. The Balaban J connectivity index is 1.97. The van der Waals surface area contributed by atoms with Crippen LogP contribution in [0.15, 0.2) is 40.9 Å². The normalized spacial score (nSPS) is 10.3. The standard InChI is InChI=1S/C14H10BrF3N2O/c15-10-5-13(12(18)6-11(10)17)19-7-14(21)20-9-3-1-2-8(16)4-9/h1-6,19H,7H2,(H,20,21). The van der Waals surface area contributed by atoms with E-state index >= 15 is 0 Å². The smallest absolute Gasteiger partial charge is 0.243 e. The number of carbonyl (C=O) groups is 1. The molecule has 0 spiro atoms. The molecule has 110 valence electrons. The van der Waals surface area contributed by atoms with Crippen LogP contribution < -0.4 is 10.6 Å². The lowest BCUT2D eigenvalue weighted by Gasteiger charge is -2.09. The van der Waals surface area contributed by atoms with E-state index in [4.69, 9.17) is 0 Å². The van der Waals surface area contributed by atoms with Crippen molar-refractivity contribution >= 4 is 33.2 Å². The SMILES string of the molecule is O=C(CNc1cc(Br)c(F)cc1F)Nc1cccc(F)c1. The van der Waals surface area contributed by atoms with Crippen molar-refractivity contribution in [2.75, 3.05) is 17.2 Å². The number of halogens is 4. The molecule has 1 amide bonds. The second-order valence-electron chi connectivity index (χ2n) is 4.16. The summed E-state index contributed by atoms with van der Waals surface area (Å²) in [5, 5.41) is 4.99. The van der Waals surface area contributed by atoms with Crippen LogP contribution in [0.2, 0.25) is 0 Å². The Kier molecular flexibility index (Phi) is 4.85. The molecule has 0 radical (unpaired) electrons. The second kappa shape index (κ2) is 6.62. The first-order valence-electron chi connectivity index (χ1n) is 5.89. The molecule has 0 aliphatic heterocycles. The third-order valence-corrected chi connectivity index (χ3v) is 3.17. The number of hydrogen-bond acceptors (Lipinski definition) is 2. The Labute approximate surface area is 127 Å². The Hall–Kier alpha value is -2.02. The highest BCUT2D eigenvalue weighted by Gasteiger charge is 2.09. The van der Waals surface area contributed by atoms with E-state index in [0.717, 1.165) is 6.07 Å². The topological polar surface area (TPSA) is 41.1 Å². The van der Waals surface area contributed by atoms with Crippen LogP contribution in [0.5, 0.6) is 0 Å². The Morgan fingerprint density at radius 1 is 1.10 bits per heavy atom. The predicted molar refractivity (Wildman–Crippen MR) is 77.6 cm³/mol. The molecule has 2 N–H and O–H groups in total. The van der Waals surface area contributed by atoms with E-state index < -0.39 is 23.4 Å². The lowest BCUT2D eigenvalue weighted by atomic mass is 10.3. The van der Waals surface area contributed by atoms with Crippen molar-refractivity contribution in [1.29, 1.82) is 0 Å². The van der Waals surface area contributed by atoms with Crippen molar-refractivity contribution in [2.45, 2.75) is 0 Å². The van der Waals surface area contributed by atoms with Crippen molar-refractivity contribution in [3.8, 4) is 0 Å². The molecule has 0 aliphatic rings. The van der Waals surface area contributed by atoms with E-state index in [1.165, 1.54) is 24.3 Å². The van der Waals surface area contributed by atoms with Crippen LogP contribution in [0, 0.1) is 17.5 Å². The average molecular weight is 359 g/mol. The van der Waals surface area contributed by atoms with Gasteiger partial charge in [0.05, 0.1) is 16.7 Å². The highest BCUT2D eigenvalue weighted by molar-refractivity contribution is 9.10. The summed E-state index contributed by atoms with van der Waals surface area (Å²) in [5.41, 5.74) is 0.278. The number of benzene rings is 2. The fourth-order valence-corrected chi connectivity index (χ4v) is 1.95. The molecule has 0 unspecified atom stereocenters. The highest BCUT2D eigenvalue weighted by Crippen LogP contribution is 2.23. The summed E-state index contributed by atoms with van der Waals surface area (Å²) in [6, 6.07) is 7.29. The minimum absolute atomic E-state index is 0.0160. The monoisotopic (exact) mass is 358 g/mol. The van der Waals surface area contributed by atoms with Gasteiger partial charge in [0, 0.05) is 11.8 Å². The molecule has 7 heteroatoms. The van der Waals surface area contributed by atoms with Gasteiger partial charge in [-0.25, -0.2) is 13.2 Å². The van der Waals surface area contributed by atoms with E-state index in [9.17, 15) is 18.0 Å². The number of nitrogens with one attached hydrogen (secondary N) is 2. The van der Waals surface area contributed by atoms with Crippen LogP contribution in [-0.4, -0.2) is 12.5 Å². The van der Waals surface area contributed by atoms with Crippen molar-refractivity contribution in [2.24, 2.45) is 0 Å². The summed E-state index contributed by atoms with van der Waals surface area (Å²) in [6.45, 7) is -0.245. The van der Waals surface area contributed by atoms with Gasteiger partial charge in [0.1, 0.15) is 17.5 Å². The van der Waals surface area contributed by atoms with Gasteiger partial charge in [-0.3, -0.25) is 4.79 Å². The fourth-order valence-electron chi connectivity index (χ4n) is 1.60. The third-order valence-electron chi connectivity index (χ3n) is 2.56. The molecule has 0 heterocycles. The number of anilines is 2. The fraction of sp³-hybridized carbons (Fsp3) is 0.0714. The molecule has 0 saturated carbocycles. The van der Waals surface area contributed by atoms with Crippen LogP contribution in [0.3, 0.4) is 0 Å². The molecule has 2 rings (SSSR count). The van der Waals surface area contributed by atoms with Crippen LogP contribution in [0.4, 0.5) is 24.5 Å². The molecular formula is C14H10BrF3N2O. The Morgan fingerprint density at radius 2 is 1.86 bits per heavy atom. The third kappa shape index (κ3) is 4.22. The van der Waals surface area contributed by atoms with E-state index in [2.05, 4.69) is 26.6 Å². The molecule has 0 saturated heterocycles. The van der Waals surface area contributed by atoms with Crippen LogP contribution >= 0.6 is 15.9 Å². The second-order valence-corrected chi connectivity index (χ2v) is 5.01. The van der Waals surface area contributed by atoms with Crippen molar-refractivity contribution in [3.05, 3.63) is 58.3 Å². The van der Waals surface area contributed by atoms with Crippen molar-refractivity contribution in [1.82, 2.24) is 0 Å². The lowest BCUT2D eigenvalue weighted by molar-refractivity contribution is -0.114. The van der Waals surface area contributed by atoms with Crippen LogP contribution in [0.1, 0.15) is 0 Å². The van der Waals surface area contributed by atoms with Gasteiger partial charge in [0.2, 0.25) is 5.91 Å². The molecule has 0 aliphatic carbocycles. The molecule has 0 aromatic heterocycles. The maximum atomic E-state index is 13.5. The van der Waals surface area contributed by atoms with E-state index in [-0.39, 0.29) is 16.7 Å². The first kappa shape index (κ1) is 15.4. The molecule has 21 heavy (non-hydrogen) atoms. The zero-order chi connectivity index (χ0) is 15.4. The number of amides is 1. The van der Waals surface area contributed by atoms with Gasteiger partial charge in [0.15, 0.2) is 0 Å². The summed E-state index contributed by atoms with van der Waals surface area (Å²) in [5.74, 6) is -2.51. The van der Waals surface area contributed by atoms with E-state index in [1.807, 2.05) is 0 Å². The zero-order valence-corrected chi connectivity index (χ0v) is 12.2. The Bertz CT molecular complexity index is 679. The quantitative estimate of drug-likeness (QED) is 0.813. The lowest BCUT2D eigenvalue weighted by Crippen LogP contribution is -2.22. The summed E-state index contributed by atoms with van der Waals surface area (Å²) >= 11 is 2.93. The van der Waals surface area contributed by atoms with Gasteiger partial charge in [0.25, 0.3) is 0 Å². The first-order valence-corrected chi connectivity index (χ1v) is 6.69. The zero-order valence-electron chi connectivity index (χ0n) is 10.6. The Morgan fingerprint density at radius 3 is 2.57 bits per heavy atom. The average Bonchev–Trinajstić information content (AvgIpc) is 2.41. The van der Waals surface area contributed by atoms with Crippen molar-refractivity contribution < 1.29 is 18.0 Å². The van der Waals surface area contributed by atoms with Gasteiger partial charge >= 0.3 is 0 Å². The maximum absolute atomic E-state index is 13.5. The maximum Gasteiger partial charge on any atom is 0.243 e. The summed E-state index contributed by atoms with van der Waals surface area (Å²) in [6.07, 6.45) is 0. The summed E-state index contributed by atoms with van der Waals surface area (Å²) < 4.78 is 39.5. The van der Waals surface area contributed by atoms with Crippen molar-refractivity contribution in [3.63, 3.8) is 0 Å². The van der Waals surface area contributed by atoms with Gasteiger partial charge in [-0.1, -0.05) is 6.07 Å². The largest absolute Gasteiger partial charge is 0.374 e. The molecule has 0 bridgehead atoms. The summed E-state index contributed by atoms with van der Waals surface area (Å²) in [4.78, 5) is 11.7. The molecule has 0 fully saturated rings. The number of hydrogen-bond donors (Lipinski definition) is 2. The first-order chi connectivity index (χ1) is 9.95. The number of rotatable bonds is 4. The van der Waals surface area contributed by atoms with Gasteiger partial charge < -0.3 is 10.6 Å². The van der Waals surface area contributed by atoms with Gasteiger partial charge in [-0.05, 0) is 40.2 Å². The van der Waals surface area contributed by atoms with E-state index in [0.29, 0.717) is 11.8 Å². The predicted octanol–water partition coefficient (Wildman–Crippen LogP) is 3.92. The van der Waals surface area contributed by atoms with Crippen LogP contribution in [0.25, 0.3) is 0 Å². The molecular weight excluding hydrogens is 349 g/mol. The van der Waals surface area contributed by atoms with Gasteiger partial charge in [-0.15, -0.1) is 0 Å².